The van der Waals surface area contributed by atoms with Gasteiger partial charge >= 0.3 is 12.3 Å². The molecule has 0 rings (SSSR count). The van der Waals surface area contributed by atoms with Gasteiger partial charge in [-0.1, -0.05) is 0 Å². The standard InChI is InChI=1S/C7H12F3NO4/c8-7(9,10)5-11(1-2-12)6(14)15-4-3-13/h12-13H,1-5H2. The van der Waals surface area contributed by atoms with E-state index in [4.69, 9.17) is 10.2 Å². The van der Waals surface area contributed by atoms with Crippen LogP contribution >= 0.6 is 0 Å². The Kier molecular flexibility index (Phi) is 6.02. The molecule has 0 heterocycles. The quantitative estimate of drug-likeness (QED) is 0.697. The summed E-state index contributed by atoms with van der Waals surface area (Å²) in [4.78, 5) is 11.3. The molecule has 0 aliphatic carbocycles. The number of aliphatic hydroxyl groups is 2. The second-order valence-corrected chi connectivity index (χ2v) is 2.60. The summed E-state index contributed by atoms with van der Waals surface area (Å²) in [6.07, 6.45) is -5.76. The van der Waals surface area contributed by atoms with E-state index in [1.165, 1.54) is 0 Å². The summed E-state index contributed by atoms with van der Waals surface area (Å²) in [7, 11) is 0. The van der Waals surface area contributed by atoms with E-state index in [0.29, 0.717) is 4.90 Å². The molecule has 0 aromatic heterocycles. The average Bonchev–Trinajstić information content (AvgIpc) is 2.11. The topological polar surface area (TPSA) is 70.0 Å². The number of carbonyl (C=O) groups is 1. The van der Waals surface area contributed by atoms with E-state index in [9.17, 15) is 18.0 Å². The highest BCUT2D eigenvalue weighted by Crippen LogP contribution is 2.16. The first-order chi connectivity index (χ1) is 6.90. The molecule has 0 atom stereocenters. The second kappa shape index (κ2) is 6.46. The van der Waals surface area contributed by atoms with Crippen LogP contribution < -0.4 is 0 Å². The van der Waals surface area contributed by atoms with Crippen molar-refractivity contribution in [3.63, 3.8) is 0 Å². The number of nitrogens with zero attached hydrogens (tertiary/aromatic N) is 1. The largest absolute Gasteiger partial charge is 0.447 e. The molecule has 5 nitrogen and oxygen atoms in total. The van der Waals surface area contributed by atoms with Crippen LogP contribution in [0.1, 0.15) is 0 Å². The van der Waals surface area contributed by atoms with E-state index in [-0.39, 0.29) is 6.61 Å². The summed E-state index contributed by atoms with van der Waals surface area (Å²) < 4.78 is 40.1. The molecular formula is C7H12F3NO4. The third-order valence-corrected chi connectivity index (χ3v) is 1.32. The normalized spacial score (nSPS) is 11.3. The van der Waals surface area contributed by atoms with Crippen LogP contribution in [0.15, 0.2) is 0 Å². The molecule has 0 aliphatic heterocycles. The Bertz CT molecular complexity index is 197. The summed E-state index contributed by atoms with van der Waals surface area (Å²) in [6, 6.07) is 0. The molecule has 0 saturated heterocycles. The van der Waals surface area contributed by atoms with E-state index >= 15 is 0 Å². The van der Waals surface area contributed by atoms with Crippen molar-refractivity contribution < 1.29 is 32.9 Å². The van der Waals surface area contributed by atoms with E-state index in [2.05, 4.69) is 4.74 Å². The SMILES string of the molecule is O=C(OCCO)N(CCO)CC(F)(F)F. The highest BCUT2D eigenvalue weighted by molar-refractivity contribution is 5.67. The predicted octanol–water partition coefficient (Wildman–Crippen LogP) is -0.0281. The molecule has 0 aromatic carbocycles. The van der Waals surface area contributed by atoms with Crippen LogP contribution in [0.25, 0.3) is 0 Å². The minimum absolute atomic E-state index is 0.315. The highest BCUT2D eigenvalue weighted by Gasteiger charge is 2.33. The number of halogens is 3. The molecule has 90 valence electrons. The molecule has 0 unspecified atom stereocenters. The lowest BCUT2D eigenvalue weighted by molar-refractivity contribution is -0.143. The van der Waals surface area contributed by atoms with Gasteiger partial charge in [0.05, 0.1) is 13.2 Å². The zero-order chi connectivity index (χ0) is 11.9. The van der Waals surface area contributed by atoms with Gasteiger partial charge in [-0.25, -0.2) is 4.79 Å². The second-order valence-electron chi connectivity index (χ2n) is 2.60. The Labute approximate surface area is 84.0 Å². The summed E-state index contributed by atoms with van der Waals surface area (Å²) in [5.74, 6) is 0. The van der Waals surface area contributed by atoms with Gasteiger partial charge in [0, 0.05) is 6.54 Å². The van der Waals surface area contributed by atoms with E-state index < -0.39 is 38.6 Å². The van der Waals surface area contributed by atoms with Crippen molar-refractivity contribution in [2.45, 2.75) is 6.18 Å². The number of alkyl halides is 3. The maximum atomic E-state index is 11.9. The van der Waals surface area contributed by atoms with Crippen LogP contribution in [-0.2, 0) is 4.74 Å². The number of aliphatic hydroxyl groups excluding tert-OH is 2. The van der Waals surface area contributed by atoms with Gasteiger partial charge in [0.25, 0.3) is 0 Å². The van der Waals surface area contributed by atoms with Gasteiger partial charge in [-0.15, -0.1) is 0 Å². The summed E-state index contributed by atoms with van der Waals surface area (Å²) in [5, 5.41) is 16.7. The van der Waals surface area contributed by atoms with Gasteiger partial charge < -0.3 is 14.9 Å². The lowest BCUT2D eigenvalue weighted by Gasteiger charge is -2.22. The van der Waals surface area contributed by atoms with Crippen LogP contribution in [0.2, 0.25) is 0 Å². The molecule has 15 heavy (non-hydrogen) atoms. The Balaban J connectivity index is 4.18. The monoisotopic (exact) mass is 231 g/mol. The molecule has 0 aliphatic rings. The number of ether oxygens (including phenoxy) is 1. The van der Waals surface area contributed by atoms with Crippen LogP contribution in [0.4, 0.5) is 18.0 Å². The first-order valence-corrected chi connectivity index (χ1v) is 4.11. The molecule has 0 bridgehead atoms. The average molecular weight is 231 g/mol. The number of carbonyl (C=O) groups excluding carboxylic acids is 1. The smallest absolute Gasteiger partial charge is 0.410 e. The molecule has 8 heteroatoms. The van der Waals surface area contributed by atoms with E-state index in [1.807, 2.05) is 0 Å². The van der Waals surface area contributed by atoms with E-state index in [0.717, 1.165) is 0 Å². The van der Waals surface area contributed by atoms with Gasteiger partial charge in [-0.2, -0.15) is 13.2 Å². The summed E-state index contributed by atoms with van der Waals surface area (Å²) in [5.41, 5.74) is 0. The van der Waals surface area contributed by atoms with Gasteiger partial charge in [0.2, 0.25) is 0 Å². The van der Waals surface area contributed by atoms with Crippen molar-refractivity contribution in [2.75, 3.05) is 32.9 Å². The first kappa shape index (κ1) is 14.0. The summed E-state index contributed by atoms with van der Waals surface area (Å²) >= 11 is 0. The van der Waals surface area contributed by atoms with Crippen molar-refractivity contribution in [3.05, 3.63) is 0 Å². The Morgan fingerprint density at radius 1 is 1.27 bits per heavy atom. The fourth-order valence-electron chi connectivity index (χ4n) is 0.796. The van der Waals surface area contributed by atoms with E-state index in [1.54, 1.807) is 0 Å². The zero-order valence-electron chi connectivity index (χ0n) is 7.83. The van der Waals surface area contributed by atoms with Gasteiger partial charge in [-0.3, -0.25) is 4.90 Å². The minimum atomic E-state index is -4.55. The molecule has 0 aromatic rings. The number of hydrogen-bond acceptors (Lipinski definition) is 4. The molecule has 0 fully saturated rings. The number of amides is 1. The zero-order valence-corrected chi connectivity index (χ0v) is 7.83. The Morgan fingerprint density at radius 2 is 1.87 bits per heavy atom. The first-order valence-electron chi connectivity index (χ1n) is 4.11. The highest BCUT2D eigenvalue weighted by atomic mass is 19.4. The third-order valence-electron chi connectivity index (χ3n) is 1.32. The maximum Gasteiger partial charge on any atom is 0.410 e. The fourth-order valence-corrected chi connectivity index (χ4v) is 0.796. The lowest BCUT2D eigenvalue weighted by Crippen LogP contribution is -2.41. The van der Waals surface area contributed by atoms with Crippen molar-refractivity contribution in [1.29, 1.82) is 0 Å². The Morgan fingerprint density at radius 3 is 2.27 bits per heavy atom. The van der Waals surface area contributed by atoms with Crippen LogP contribution in [0, 0.1) is 0 Å². The number of rotatable bonds is 5. The van der Waals surface area contributed by atoms with Crippen LogP contribution in [0.5, 0.6) is 0 Å². The van der Waals surface area contributed by atoms with Crippen LogP contribution in [-0.4, -0.2) is 60.3 Å². The van der Waals surface area contributed by atoms with Crippen molar-refractivity contribution in [2.24, 2.45) is 0 Å². The molecule has 2 N–H and O–H groups in total. The molecule has 0 spiro atoms. The van der Waals surface area contributed by atoms with Gasteiger partial charge in [0.15, 0.2) is 0 Å². The number of hydrogen-bond donors (Lipinski definition) is 2. The van der Waals surface area contributed by atoms with Crippen molar-refractivity contribution in [3.8, 4) is 0 Å². The third kappa shape index (κ3) is 6.97. The van der Waals surface area contributed by atoms with Crippen LogP contribution in [0.3, 0.4) is 0 Å². The molecule has 0 saturated carbocycles. The molecular weight excluding hydrogens is 219 g/mol. The molecule has 1 amide bonds. The lowest BCUT2D eigenvalue weighted by atomic mass is 10.5. The predicted molar refractivity (Wildman–Crippen MR) is 43.1 cm³/mol. The summed E-state index contributed by atoms with van der Waals surface area (Å²) in [6.45, 7) is -3.39. The van der Waals surface area contributed by atoms with Gasteiger partial charge in [0.1, 0.15) is 13.2 Å². The maximum absolute atomic E-state index is 11.9. The fraction of sp³-hybridized carbons (Fsp3) is 0.857. The van der Waals surface area contributed by atoms with Crippen molar-refractivity contribution >= 4 is 6.09 Å². The van der Waals surface area contributed by atoms with Crippen molar-refractivity contribution in [1.82, 2.24) is 4.90 Å². The molecule has 0 radical (unpaired) electrons. The minimum Gasteiger partial charge on any atom is -0.447 e. The Hall–Kier alpha value is -1.02. The van der Waals surface area contributed by atoms with Gasteiger partial charge in [-0.05, 0) is 0 Å².